The van der Waals surface area contributed by atoms with E-state index in [9.17, 15) is 4.79 Å². The number of rotatable bonds is 4. The second kappa shape index (κ2) is 5.13. The SMILES string of the molecule is CC(C)(C=O)CCN1CCC(Cl)CC1. The molecule has 1 aliphatic rings. The Morgan fingerprint density at radius 2 is 2.00 bits per heavy atom. The summed E-state index contributed by atoms with van der Waals surface area (Å²) in [6.45, 7) is 7.18. The summed E-state index contributed by atoms with van der Waals surface area (Å²) in [7, 11) is 0. The van der Waals surface area contributed by atoms with Crippen molar-refractivity contribution in [1.29, 1.82) is 0 Å². The Morgan fingerprint density at radius 3 is 2.50 bits per heavy atom. The lowest BCUT2D eigenvalue weighted by atomic mass is 9.91. The molecule has 0 saturated carbocycles. The topological polar surface area (TPSA) is 20.3 Å². The Hall–Kier alpha value is -0.0800. The number of alkyl halides is 1. The highest BCUT2D eigenvalue weighted by Crippen LogP contribution is 2.20. The van der Waals surface area contributed by atoms with Gasteiger partial charge in [0, 0.05) is 10.8 Å². The molecule has 0 spiro atoms. The van der Waals surface area contributed by atoms with Crippen LogP contribution in [0.15, 0.2) is 0 Å². The summed E-state index contributed by atoms with van der Waals surface area (Å²) in [6, 6.07) is 0. The lowest BCUT2D eigenvalue weighted by Gasteiger charge is -2.31. The van der Waals surface area contributed by atoms with E-state index >= 15 is 0 Å². The van der Waals surface area contributed by atoms with E-state index in [0.29, 0.717) is 5.38 Å². The van der Waals surface area contributed by atoms with Crippen LogP contribution in [0.4, 0.5) is 0 Å². The van der Waals surface area contributed by atoms with E-state index in [1.165, 1.54) is 0 Å². The lowest BCUT2D eigenvalue weighted by molar-refractivity contribution is -0.115. The lowest BCUT2D eigenvalue weighted by Crippen LogP contribution is -2.36. The van der Waals surface area contributed by atoms with Gasteiger partial charge in [0.15, 0.2) is 0 Å². The van der Waals surface area contributed by atoms with Crippen molar-refractivity contribution in [2.75, 3.05) is 19.6 Å². The van der Waals surface area contributed by atoms with E-state index in [4.69, 9.17) is 11.6 Å². The van der Waals surface area contributed by atoms with Gasteiger partial charge in [-0.3, -0.25) is 0 Å². The van der Waals surface area contributed by atoms with E-state index in [2.05, 4.69) is 4.90 Å². The molecule has 1 fully saturated rings. The zero-order chi connectivity index (χ0) is 10.6. The molecule has 1 heterocycles. The molecule has 0 N–H and O–H groups in total. The number of nitrogens with zero attached hydrogens (tertiary/aromatic N) is 1. The van der Waals surface area contributed by atoms with Gasteiger partial charge in [-0.05, 0) is 38.9 Å². The van der Waals surface area contributed by atoms with Gasteiger partial charge in [-0.25, -0.2) is 0 Å². The summed E-state index contributed by atoms with van der Waals surface area (Å²) >= 11 is 6.02. The van der Waals surface area contributed by atoms with Crippen molar-refractivity contribution in [2.24, 2.45) is 5.41 Å². The summed E-state index contributed by atoms with van der Waals surface area (Å²) in [5.41, 5.74) is -0.169. The maximum absolute atomic E-state index is 10.7. The Morgan fingerprint density at radius 1 is 1.43 bits per heavy atom. The van der Waals surface area contributed by atoms with Crippen molar-refractivity contribution < 1.29 is 4.79 Å². The van der Waals surface area contributed by atoms with Gasteiger partial charge in [0.25, 0.3) is 0 Å². The Balaban J connectivity index is 2.22. The Kier molecular flexibility index (Phi) is 4.39. The first kappa shape index (κ1) is 12.0. The molecule has 1 aliphatic heterocycles. The predicted octanol–water partition coefficient (Wildman–Crippen LogP) is 2.30. The average molecular weight is 218 g/mol. The first-order valence-electron chi connectivity index (χ1n) is 5.36. The van der Waals surface area contributed by atoms with Crippen LogP contribution in [0.5, 0.6) is 0 Å². The van der Waals surface area contributed by atoms with Gasteiger partial charge < -0.3 is 9.69 Å². The highest BCUT2D eigenvalue weighted by atomic mass is 35.5. The second-order valence-corrected chi connectivity index (χ2v) is 5.49. The number of hydrogen-bond acceptors (Lipinski definition) is 2. The molecule has 82 valence electrons. The Bertz CT molecular complexity index is 186. The van der Waals surface area contributed by atoms with Crippen LogP contribution in [0, 0.1) is 5.41 Å². The molecule has 3 heteroatoms. The third kappa shape index (κ3) is 3.97. The molecule has 1 rings (SSSR count). The van der Waals surface area contributed by atoms with E-state index in [1.807, 2.05) is 13.8 Å². The van der Waals surface area contributed by atoms with Crippen LogP contribution in [0.2, 0.25) is 0 Å². The van der Waals surface area contributed by atoms with Crippen molar-refractivity contribution in [3.8, 4) is 0 Å². The van der Waals surface area contributed by atoms with E-state index in [-0.39, 0.29) is 5.41 Å². The highest BCUT2D eigenvalue weighted by Gasteiger charge is 2.21. The van der Waals surface area contributed by atoms with Crippen LogP contribution in [0.25, 0.3) is 0 Å². The fraction of sp³-hybridized carbons (Fsp3) is 0.909. The van der Waals surface area contributed by atoms with Crippen molar-refractivity contribution in [3.63, 3.8) is 0 Å². The van der Waals surface area contributed by atoms with Crippen LogP contribution in [0.1, 0.15) is 33.1 Å². The van der Waals surface area contributed by atoms with Crippen molar-refractivity contribution >= 4 is 17.9 Å². The third-order valence-electron chi connectivity index (χ3n) is 2.91. The summed E-state index contributed by atoms with van der Waals surface area (Å²) < 4.78 is 0. The van der Waals surface area contributed by atoms with Crippen molar-refractivity contribution in [3.05, 3.63) is 0 Å². The monoisotopic (exact) mass is 217 g/mol. The number of carbonyl (C=O) groups is 1. The third-order valence-corrected chi connectivity index (χ3v) is 3.34. The van der Waals surface area contributed by atoms with E-state index < -0.39 is 0 Å². The van der Waals surface area contributed by atoms with Crippen molar-refractivity contribution in [2.45, 2.75) is 38.5 Å². The molecule has 14 heavy (non-hydrogen) atoms. The number of halogens is 1. The number of hydrogen-bond donors (Lipinski definition) is 0. The van der Waals surface area contributed by atoms with Crippen LogP contribution in [-0.4, -0.2) is 36.2 Å². The second-order valence-electron chi connectivity index (χ2n) is 4.87. The number of piperidine rings is 1. The Labute approximate surface area is 91.6 Å². The van der Waals surface area contributed by atoms with Gasteiger partial charge in [-0.2, -0.15) is 0 Å². The molecule has 0 amide bonds. The van der Waals surface area contributed by atoms with Gasteiger partial charge in [0.2, 0.25) is 0 Å². The van der Waals surface area contributed by atoms with Crippen LogP contribution in [-0.2, 0) is 4.79 Å². The van der Waals surface area contributed by atoms with Gasteiger partial charge in [-0.15, -0.1) is 11.6 Å². The first-order valence-corrected chi connectivity index (χ1v) is 5.80. The number of carbonyl (C=O) groups excluding carboxylic acids is 1. The molecular weight excluding hydrogens is 198 g/mol. The number of likely N-dealkylation sites (tertiary alicyclic amines) is 1. The molecular formula is C11H20ClNO. The number of aldehydes is 1. The quantitative estimate of drug-likeness (QED) is 0.532. The zero-order valence-corrected chi connectivity index (χ0v) is 9.89. The normalized spacial score (nSPS) is 21.1. The summed E-state index contributed by atoms with van der Waals surface area (Å²) in [5.74, 6) is 0. The van der Waals surface area contributed by atoms with Gasteiger partial charge in [0.1, 0.15) is 6.29 Å². The molecule has 0 aromatic heterocycles. The molecule has 0 aliphatic carbocycles. The molecule has 0 bridgehead atoms. The van der Waals surface area contributed by atoms with E-state index in [1.54, 1.807) is 0 Å². The fourth-order valence-corrected chi connectivity index (χ4v) is 1.83. The molecule has 0 aromatic carbocycles. The standard InChI is InChI=1S/C11H20ClNO/c1-11(2,9-14)5-8-13-6-3-10(12)4-7-13/h9-10H,3-8H2,1-2H3. The van der Waals surface area contributed by atoms with Crippen molar-refractivity contribution in [1.82, 2.24) is 4.90 Å². The zero-order valence-electron chi connectivity index (χ0n) is 9.13. The molecule has 0 atom stereocenters. The van der Waals surface area contributed by atoms with E-state index in [0.717, 1.165) is 45.2 Å². The first-order chi connectivity index (χ1) is 6.53. The van der Waals surface area contributed by atoms with Gasteiger partial charge in [0.05, 0.1) is 0 Å². The molecule has 1 saturated heterocycles. The predicted molar refractivity (Wildman–Crippen MR) is 59.8 cm³/mol. The van der Waals surface area contributed by atoms with Crippen LogP contribution >= 0.6 is 11.6 Å². The molecule has 2 nitrogen and oxygen atoms in total. The minimum absolute atomic E-state index is 0.169. The van der Waals surface area contributed by atoms with Crippen LogP contribution in [0.3, 0.4) is 0 Å². The minimum Gasteiger partial charge on any atom is -0.303 e. The highest BCUT2D eigenvalue weighted by molar-refractivity contribution is 6.20. The smallest absolute Gasteiger partial charge is 0.125 e. The molecule has 0 aromatic rings. The maximum Gasteiger partial charge on any atom is 0.125 e. The average Bonchev–Trinajstić information content (AvgIpc) is 2.17. The minimum atomic E-state index is -0.169. The fourth-order valence-electron chi connectivity index (χ4n) is 1.63. The van der Waals surface area contributed by atoms with Gasteiger partial charge in [-0.1, -0.05) is 13.8 Å². The summed E-state index contributed by atoms with van der Waals surface area (Å²) in [6.07, 6.45) is 4.18. The molecule has 0 radical (unpaired) electrons. The van der Waals surface area contributed by atoms with Gasteiger partial charge >= 0.3 is 0 Å². The maximum atomic E-state index is 10.7. The summed E-state index contributed by atoms with van der Waals surface area (Å²) in [5, 5.41) is 0.366. The van der Waals surface area contributed by atoms with Crippen LogP contribution < -0.4 is 0 Å². The molecule has 0 unspecified atom stereocenters. The summed E-state index contributed by atoms with van der Waals surface area (Å²) in [4.78, 5) is 13.1. The largest absolute Gasteiger partial charge is 0.303 e.